The van der Waals surface area contributed by atoms with E-state index >= 15 is 0 Å². The summed E-state index contributed by atoms with van der Waals surface area (Å²) >= 11 is 0. The largest absolute Gasteiger partial charge is 0.465 e. The van der Waals surface area contributed by atoms with Gasteiger partial charge in [0.1, 0.15) is 6.04 Å². The van der Waals surface area contributed by atoms with Gasteiger partial charge in [0, 0.05) is 12.8 Å². The van der Waals surface area contributed by atoms with Crippen molar-refractivity contribution in [3.8, 4) is 0 Å². The summed E-state index contributed by atoms with van der Waals surface area (Å²) < 4.78 is 30.4. The Bertz CT molecular complexity index is 229. The van der Waals surface area contributed by atoms with Gasteiger partial charge in [-0.25, -0.2) is 8.78 Å². The minimum Gasteiger partial charge on any atom is -0.465 e. The molecule has 0 amide bonds. The normalized spacial score (nSPS) is 22.0. The molecule has 0 aromatic rings. The van der Waals surface area contributed by atoms with E-state index in [9.17, 15) is 13.6 Å². The van der Waals surface area contributed by atoms with E-state index < -0.39 is 17.9 Å². The van der Waals surface area contributed by atoms with Gasteiger partial charge in [0.15, 0.2) is 0 Å². The molecule has 0 bridgehead atoms. The number of hydrogen-bond donors (Lipinski definition) is 1. The fourth-order valence-corrected chi connectivity index (χ4v) is 1.85. The number of hydrogen-bond acceptors (Lipinski definition) is 3. The van der Waals surface area contributed by atoms with Gasteiger partial charge in [-0.2, -0.15) is 0 Å². The topological polar surface area (TPSA) is 52.3 Å². The van der Waals surface area contributed by atoms with Gasteiger partial charge in [0.25, 0.3) is 0 Å². The lowest BCUT2D eigenvalue weighted by molar-refractivity contribution is -0.147. The van der Waals surface area contributed by atoms with Gasteiger partial charge in [-0.1, -0.05) is 0 Å². The van der Waals surface area contributed by atoms with Gasteiger partial charge >= 0.3 is 5.97 Å². The number of carbonyl (C=O) groups excluding carboxylic acids is 1. The van der Waals surface area contributed by atoms with Crippen molar-refractivity contribution < 1.29 is 18.3 Å². The number of alkyl halides is 2. The summed E-state index contributed by atoms with van der Waals surface area (Å²) in [5, 5.41) is 0. The number of nitrogens with two attached hydrogens (primary N) is 1. The molecule has 3 nitrogen and oxygen atoms in total. The van der Waals surface area contributed by atoms with Gasteiger partial charge in [-0.05, 0) is 25.7 Å². The lowest BCUT2D eigenvalue weighted by Gasteiger charge is -2.30. The smallest absolute Gasteiger partial charge is 0.323 e. The Labute approximate surface area is 100 Å². The Hall–Kier alpha value is -0.420. The van der Waals surface area contributed by atoms with E-state index in [2.05, 4.69) is 0 Å². The molecular formula is C10H18ClF2NO2. The van der Waals surface area contributed by atoms with Crippen LogP contribution < -0.4 is 5.73 Å². The zero-order chi connectivity index (χ0) is 11.5. The summed E-state index contributed by atoms with van der Waals surface area (Å²) in [6.45, 7) is 1.97. The summed E-state index contributed by atoms with van der Waals surface area (Å²) in [6, 6.07) is -0.749. The average molecular weight is 258 g/mol. The number of halogens is 3. The molecular weight excluding hydrogens is 240 g/mol. The van der Waals surface area contributed by atoms with Crippen molar-refractivity contribution in [3.05, 3.63) is 0 Å². The molecule has 0 aliphatic heterocycles. The van der Waals surface area contributed by atoms with Crippen molar-refractivity contribution in [1.29, 1.82) is 0 Å². The Morgan fingerprint density at radius 3 is 2.44 bits per heavy atom. The van der Waals surface area contributed by atoms with Crippen LogP contribution in [0.3, 0.4) is 0 Å². The minimum atomic E-state index is -2.58. The maximum absolute atomic E-state index is 12.8. The quantitative estimate of drug-likeness (QED) is 0.788. The van der Waals surface area contributed by atoms with Crippen LogP contribution in [-0.4, -0.2) is 24.5 Å². The molecule has 0 heterocycles. The predicted molar refractivity (Wildman–Crippen MR) is 58.8 cm³/mol. The highest BCUT2D eigenvalue weighted by molar-refractivity contribution is 5.85. The Balaban J connectivity index is 0.00000225. The lowest BCUT2D eigenvalue weighted by atomic mass is 9.82. The summed E-state index contributed by atoms with van der Waals surface area (Å²) in [7, 11) is 0. The second-order valence-electron chi connectivity index (χ2n) is 3.97. The minimum absolute atomic E-state index is 0. The molecule has 0 radical (unpaired) electrons. The standard InChI is InChI=1S/C10H17F2NO2.ClH/c1-2-15-9(14)8(13)7-3-5-10(11,12)6-4-7;/h7-8H,2-6,13H2,1H3;1H. The van der Waals surface area contributed by atoms with E-state index in [-0.39, 0.29) is 37.8 Å². The van der Waals surface area contributed by atoms with Crippen LogP contribution in [0.5, 0.6) is 0 Å². The van der Waals surface area contributed by atoms with E-state index in [1.165, 1.54) is 0 Å². The number of esters is 1. The molecule has 1 rings (SSSR count). The van der Waals surface area contributed by atoms with Crippen molar-refractivity contribution >= 4 is 18.4 Å². The zero-order valence-corrected chi connectivity index (χ0v) is 10.1. The number of ether oxygens (including phenoxy) is 1. The maximum Gasteiger partial charge on any atom is 0.323 e. The summed E-state index contributed by atoms with van der Waals surface area (Å²) in [5.74, 6) is -3.22. The highest BCUT2D eigenvalue weighted by Gasteiger charge is 2.38. The van der Waals surface area contributed by atoms with Gasteiger partial charge in [-0.3, -0.25) is 4.79 Å². The molecule has 0 spiro atoms. The summed E-state index contributed by atoms with van der Waals surface area (Å²) in [5.41, 5.74) is 5.65. The monoisotopic (exact) mass is 257 g/mol. The molecule has 1 atom stereocenters. The molecule has 0 aromatic carbocycles. The number of rotatable bonds is 3. The summed E-state index contributed by atoms with van der Waals surface area (Å²) in [4.78, 5) is 11.3. The van der Waals surface area contributed by atoms with Crippen LogP contribution in [0.25, 0.3) is 0 Å². The van der Waals surface area contributed by atoms with Crippen LogP contribution in [0, 0.1) is 5.92 Å². The molecule has 96 valence electrons. The van der Waals surface area contributed by atoms with Crippen molar-refractivity contribution in [2.45, 2.75) is 44.6 Å². The first kappa shape index (κ1) is 15.6. The van der Waals surface area contributed by atoms with Crippen LogP contribution in [0.2, 0.25) is 0 Å². The summed E-state index contributed by atoms with van der Waals surface area (Å²) in [6.07, 6.45) is 0.246. The van der Waals surface area contributed by atoms with Gasteiger partial charge in [0.2, 0.25) is 5.92 Å². The lowest BCUT2D eigenvalue weighted by Crippen LogP contribution is -2.42. The van der Waals surface area contributed by atoms with E-state index in [1.807, 2.05) is 0 Å². The molecule has 16 heavy (non-hydrogen) atoms. The number of carbonyl (C=O) groups is 1. The Morgan fingerprint density at radius 1 is 1.50 bits per heavy atom. The first-order valence-electron chi connectivity index (χ1n) is 5.26. The van der Waals surface area contributed by atoms with Crippen molar-refractivity contribution in [2.24, 2.45) is 11.7 Å². The van der Waals surface area contributed by atoms with Gasteiger partial charge < -0.3 is 10.5 Å². The molecule has 1 aliphatic rings. The van der Waals surface area contributed by atoms with Crippen LogP contribution in [-0.2, 0) is 9.53 Å². The van der Waals surface area contributed by atoms with Crippen molar-refractivity contribution in [3.63, 3.8) is 0 Å². The third-order valence-corrected chi connectivity index (χ3v) is 2.83. The molecule has 2 N–H and O–H groups in total. The molecule has 1 aliphatic carbocycles. The highest BCUT2D eigenvalue weighted by atomic mass is 35.5. The third-order valence-electron chi connectivity index (χ3n) is 2.83. The average Bonchev–Trinajstić information content (AvgIpc) is 2.17. The first-order valence-corrected chi connectivity index (χ1v) is 5.26. The van der Waals surface area contributed by atoms with Gasteiger partial charge in [-0.15, -0.1) is 12.4 Å². The fraction of sp³-hybridized carbons (Fsp3) is 0.900. The maximum atomic E-state index is 12.8. The molecule has 1 fully saturated rings. The zero-order valence-electron chi connectivity index (χ0n) is 9.25. The van der Waals surface area contributed by atoms with Crippen LogP contribution in [0.1, 0.15) is 32.6 Å². The predicted octanol–water partition coefficient (Wildman–Crippen LogP) is 2.12. The highest BCUT2D eigenvalue weighted by Crippen LogP contribution is 2.37. The van der Waals surface area contributed by atoms with E-state index in [0.717, 1.165) is 0 Å². The SMILES string of the molecule is CCOC(=O)C(N)C1CCC(F)(F)CC1.Cl. The Kier molecular flexibility index (Phi) is 6.18. The third kappa shape index (κ3) is 4.22. The molecule has 0 aromatic heterocycles. The van der Waals surface area contributed by atoms with E-state index in [0.29, 0.717) is 12.8 Å². The Morgan fingerprint density at radius 2 is 2.00 bits per heavy atom. The molecule has 1 unspecified atom stereocenters. The van der Waals surface area contributed by atoms with Crippen molar-refractivity contribution in [2.75, 3.05) is 6.61 Å². The van der Waals surface area contributed by atoms with E-state index in [1.54, 1.807) is 6.92 Å². The van der Waals surface area contributed by atoms with Crippen LogP contribution in [0.4, 0.5) is 8.78 Å². The second kappa shape index (κ2) is 6.35. The van der Waals surface area contributed by atoms with E-state index in [4.69, 9.17) is 10.5 Å². The second-order valence-corrected chi connectivity index (χ2v) is 3.97. The van der Waals surface area contributed by atoms with Gasteiger partial charge in [0.05, 0.1) is 6.61 Å². The fourth-order valence-electron chi connectivity index (χ4n) is 1.85. The van der Waals surface area contributed by atoms with Crippen LogP contribution in [0.15, 0.2) is 0 Å². The van der Waals surface area contributed by atoms with Crippen LogP contribution >= 0.6 is 12.4 Å². The molecule has 1 saturated carbocycles. The molecule has 6 heteroatoms. The first-order chi connectivity index (χ1) is 6.96. The van der Waals surface area contributed by atoms with Crippen molar-refractivity contribution in [1.82, 2.24) is 0 Å². The molecule has 0 saturated heterocycles.